The molecule has 1 atom stereocenters. The summed E-state index contributed by atoms with van der Waals surface area (Å²) in [4.78, 5) is 9.25. The molecule has 2 N–H and O–H groups in total. The van der Waals surface area contributed by atoms with Gasteiger partial charge in [-0.15, -0.1) is 0 Å². The molecule has 1 aliphatic heterocycles. The average Bonchev–Trinajstić information content (AvgIpc) is 3.25. The van der Waals surface area contributed by atoms with E-state index in [2.05, 4.69) is 15.6 Å². The van der Waals surface area contributed by atoms with E-state index in [1.54, 1.807) is 0 Å². The van der Waals surface area contributed by atoms with Crippen molar-refractivity contribution in [3.05, 3.63) is 41.7 Å². The molecule has 3 aromatic heterocycles. The molecule has 0 saturated carbocycles. The number of halogens is 1. The van der Waals surface area contributed by atoms with E-state index in [1.807, 2.05) is 54.9 Å². The van der Waals surface area contributed by atoms with Gasteiger partial charge in [0.15, 0.2) is 0 Å². The third kappa shape index (κ3) is 3.48. The molecule has 1 fully saturated rings. The minimum Gasteiger partial charge on any atom is -0.489 e. The van der Waals surface area contributed by atoms with Crippen LogP contribution < -0.4 is 15.4 Å². The molecule has 0 radical (unpaired) electrons. The zero-order valence-electron chi connectivity index (χ0n) is 14.9. The third-order valence-electron chi connectivity index (χ3n) is 4.35. The molecule has 0 bridgehead atoms. The highest BCUT2D eigenvalue weighted by molar-refractivity contribution is 6.32. The number of rotatable bonds is 5. The van der Waals surface area contributed by atoms with Crippen LogP contribution in [-0.4, -0.2) is 39.6 Å². The number of nitrogens with one attached hydrogen (secondary N) is 2. The SMILES string of the molecule is CC(C)Oc1cc2ncc(-c3cccc(NC4CCNC4)n3)n2cc1Cl. The summed E-state index contributed by atoms with van der Waals surface area (Å²) in [7, 11) is 0. The zero-order chi connectivity index (χ0) is 18.1. The van der Waals surface area contributed by atoms with Crippen LogP contribution in [0.4, 0.5) is 5.82 Å². The normalized spacial score (nSPS) is 17.2. The second-order valence-corrected chi connectivity index (χ2v) is 7.17. The van der Waals surface area contributed by atoms with Crippen LogP contribution in [-0.2, 0) is 0 Å². The van der Waals surface area contributed by atoms with Gasteiger partial charge < -0.3 is 15.4 Å². The number of fused-ring (bicyclic) bond motifs is 1. The Bertz CT molecular complexity index is 917. The number of ether oxygens (including phenoxy) is 1. The molecule has 0 amide bonds. The lowest BCUT2D eigenvalue weighted by molar-refractivity contribution is 0.242. The van der Waals surface area contributed by atoms with Gasteiger partial charge in [0.1, 0.15) is 17.2 Å². The van der Waals surface area contributed by atoms with E-state index in [-0.39, 0.29) is 6.10 Å². The lowest BCUT2D eigenvalue weighted by atomic mass is 10.2. The molecule has 7 heteroatoms. The van der Waals surface area contributed by atoms with E-state index in [9.17, 15) is 0 Å². The fraction of sp³-hybridized carbons (Fsp3) is 0.368. The highest BCUT2D eigenvalue weighted by atomic mass is 35.5. The molecule has 0 spiro atoms. The van der Waals surface area contributed by atoms with Crippen molar-refractivity contribution in [2.45, 2.75) is 32.4 Å². The lowest BCUT2D eigenvalue weighted by Gasteiger charge is -2.13. The number of pyridine rings is 2. The van der Waals surface area contributed by atoms with Crippen LogP contribution in [0.3, 0.4) is 0 Å². The van der Waals surface area contributed by atoms with Gasteiger partial charge in [-0.2, -0.15) is 0 Å². The predicted molar refractivity (Wildman–Crippen MR) is 104 cm³/mol. The van der Waals surface area contributed by atoms with Crippen LogP contribution in [0.5, 0.6) is 5.75 Å². The van der Waals surface area contributed by atoms with Crippen molar-refractivity contribution >= 4 is 23.1 Å². The summed E-state index contributed by atoms with van der Waals surface area (Å²) >= 11 is 6.39. The Labute approximate surface area is 157 Å². The molecule has 1 saturated heterocycles. The Kier molecular flexibility index (Phi) is 4.70. The maximum atomic E-state index is 6.39. The Morgan fingerprint density at radius 3 is 3.04 bits per heavy atom. The highest BCUT2D eigenvalue weighted by Crippen LogP contribution is 2.30. The van der Waals surface area contributed by atoms with Crippen molar-refractivity contribution < 1.29 is 4.74 Å². The summed E-state index contributed by atoms with van der Waals surface area (Å²) in [5.41, 5.74) is 2.52. The largest absolute Gasteiger partial charge is 0.489 e. The average molecular weight is 372 g/mol. The first-order chi connectivity index (χ1) is 12.6. The van der Waals surface area contributed by atoms with E-state index in [4.69, 9.17) is 21.3 Å². The van der Waals surface area contributed by atoms with Crippen molar-refractivity contribution in [3.8, 4) is 17.1 Å². The predicted octanol–water partition coefficient (Wildman–Crippen LogP) is 3.61. The monoisotopic (exact) mass is 371 g/mol. The van der Waals surface area contributed by atoms with Crippen molar-refractivity contribution in [2.24, 2.45) is 0 Å². The second-order valence-electron chi connectivity index (χ2n) is 6.77. The van der Waals surface area contributed by atoms with Crippen LogP contribution in [0, 0.1) is 0 Å². The lowest BCUT2D eigenvalue weighted by Crippen LogP contribution is -2.22. The molecule has 3 aromatic rings. The molecular formula is C19H22ClN5O. The Hall–Kier alpha value is -2.31. The van der Waals surface area contributed by atoms with Crippen molar-refractivity contribution in [3.63, 3.8) is 0 Å². The van der Waals surface area contributed by atoms with Gasteiger partial charge in [-0.3, -0.25) is 4.40 Å². The smallest absolute Gasteiger partial charge is 0.143 e. The number of hydrogen-bond acceptors (Lipinski definition) is 5. The van der Waals surface area contributed by atoms with E-state index in [0.717, 1.165) is 42.4 Å². The number of aromatic nitrogens is 3. The van der Waals surface area contributed by atoms with Crippen LogP contribution in [0.1, 0.15) is 20.3 Å². The van der Waals surface area contributed by atoms with Gasteiger partial charge in [0.2, 0.25) is 0 Å². The molecule has 4 rings (SSSR count). The number of hydrogen-bond donors (Lipinski definition) is 2. The minimum atomic E-state index is 0.0545. The third-order valence-corrected chi connectivity index (χ3v) is 4.63. The highest BCUT2D eigenvalue weighted by Gasteiger charge is 2.16. The second kappa shape index (κ2) is 7.13. The summed E-state index contributed by atoms with van der Waals surface area (Å²) in [6, 6.07) is 8.26. The summed E-state index contributed by atoms with van der Waals surface area (Å²) in [5, 5.41) is 7.39. The van der Waals surface area contributed by atoms with E-state index >= 15 is 0 Å². The molecule has 26 heavy (non-hydrogen) atoms. The van der Waals surface area contributed by atoms with Crippen LogP contribution in [0.25, 0.3) is 17.0 Å². The fourth-order valence-electron chi connectivity index (χ4n) is 3.16. The van der Waals surface area contributed by atoms with Crippen molar-refractivity contribution in [1.82, 2.24) is 19.7 Å². The van der Waals surface area contributed by atoms with Gasteiger partial charge in [-0.05, 0) is 38.9 Å². The van der Waals surface area contributed by atoms with Gasteiger partial charge in [0.05, 0.1) is 28.7 Å². The first-order valence-corrected chi connectivity index (χ1v) is 9.26. The van der Waals surface area contributed by atoms with Gasteiger partial charge in [0, 0.05) is 24.8 Å². The summed E-state index contributed by atoms with van der Waals surface area (Å²) in [6.45, 7) is 5.96. The van der Waals surface area contributed by atoms with Gasteiger partial charge in [-0.25, -0.2) is 9.97 Å². The van der Waals surface area contributed by atoms with Crippen molar-refractivity contribution in [1.29, 1.82) is 0 Å². The number of imidazole rings is 1. The first kappa shape index (κ1) is 17.1. The van der Waals surface area contributed by atoms with Crippen LogP contribution in [0.15, 0.2) is 36.7 Å². The van der Waals surface area contributed by atoms with E-state index < -0.39 is 0 Å². The summed E-state index contributed by atoms with van der Waals surface area (Å²) < 4.78 is 7.69. The standard InChI is InChI=1S/C19H22ClN5O/c1-12(2)26-17-8-19-22-10-16(25(19)11-14(17)20)15-4-3-5-18(24-15)23-13-6-7-21-9-13/h3-5,8,10-13,21H,6-7,9H2,1-2H3,(H,23,24). The number of nitrogens with zero attached hydrogens (tertiary/aromatic N) is 3. The topological polar surface area (TPSA) is 63.5 Å². The Morgan fingerprint density at radius 1 is 1.38 bits per heavy atom. The molecule has 136 valence electrons. The Balaban J connectivity index is 1.67. The maximum Gasteiger partial charge on any atom is 0.143 e. The molecule has 4 heterocycles. The molecule has 0 aliphatic carbocycles. The van der Waals surface area contributed by atoms with E-state index in [0.29, 0.717) is 16.8 Å². The van der Waals surface area contributed by atoms with Gasteiger partial charge in [0.25, 0.3) is 0 Å². The van der Waals surface area contributed by atoms with Crippen LogP contribution >= 0.6 is 11.6 Å². The quantitative estimate of drug-likeness (QED) is 0.717. The first-order valence-electron chi connectivity index (χ1n) is 8.88. The fourth-order valence-corrected chi connectivity index (χ4v) is 3.36. The Morgan fingerprint density at radius 2 is 2.27 bits per heavy atom. The summed E-state index contributed by atoms with van der Waals surface area (Å²) in [6.07, 6.45) is 4.81. The molecule has 1 unspecified atom stereocenters. The van der Waals surface area contributed by atoms with Crippen molar-refractivity contribution in [2.75, 3.05) is 18.4 Å². The summed E-state index contributed by atoms with van der Waals surface area (Å²) in [5.74, 6) is 1.51. The minimum absolute atomic E-state index is 0.0545. The molecular weight excluding hydrogens is 350 g/mol. The van der Waals surface area contributed by atoms with Gasteiger partial charge in [-0.1, -0.05) is 17.7 Å². The van der Waals surface area contributed by atoms with Crippen LogP contribution in [0.2, 0.25) is 5.02 Å². The maximum absolute atomic E-state index is 6.39. The zero-order valence-corrected chi connectivity index (χ0v) is 15.6. The van der Waals surface area contributed by atoms with E-state index in [1.165, 1.54) is 0 Å². The molecule has 6 nitrogen and oxygen atoms in total. The molecule has 0 aromatic carbocycles. The van der Waals surface area contributed by atoms with Gasteiger partial charge >= 0.3 is 0 Å². The molecule has 1 aliphatic rings. The number of anilines is 1.